The lowest BCUT2D eigenvalue weighted by Crippen LogP contribution is -2.28. The third kappa shape index (κ3) is 4.38. The molecule has 58 heavy (non-hydrogen) atoms. The number of furan rings is 1. The van der Waals surface area contributed by atoms with Gasteiger partial charge in [-0.2, -0.15) is 0 Å². The molecule has 0 amide bonds. The van der Waals surface area contributed by atoms with Crippen molar-refractivity contribution >= 4 is 49.8 Å². The molecule has 12 rings (SSSR count). The molecule has 0 bridgehead atoms. The Labute approximate surface area is 338 Å². The van der Waals surface area contributed by atoms with Gasteiger partial charge >= 0.3 is 0 Å². The topological polar surface area (TPSA) is 16.4 Å². The zero-order chi connectivity index (χ0) is 38.6. The molecule has 0 unspecified atom stereocenters. The highest BCUT2D eigenvalue weighted by molar-refractivity contribution is 6.14. The second kappa shape index (κ2) is 12.2. The Hall–Kier alpha value is -7.16. The summed E-state index contributed by atoms with van der Waals surface area (Å²) in [4.78, 5) is 2.42. The number of para-hydroxylation sites is 3. The van der Waals surface area contributed by atoms with Crippen LogP contribution < -0.4 is 4.90 Å². The van der Waals surface area contributed by atoms with Crippen LogP contribution in [0.1, 0.15) is 47.2 Å². The second-order valence-corrected chi connectivity index (χ2v) is 16.4. The van der Waals surface area contributed by atoms with Crippen molar-refractivity contribution in [3.63, 3.8) is 0 Å². The van der Waals surface area contributed by atoms with E-state index in [2.05, 4.69) is 213 Å². The van der Waals surface area contributed by atoms with Gasteiger partial charge in [0.2, 0.25) is 0 Å². The Morgan fingerprint density at radius 1 is 0.397 bits per heavy atom. The van der Waals surface area contributed by atoms with Gasteiger partial charge in [0.25, 0.3) is 0 Å². The van der Waals surface area contributed by atoms with Crippen molar-refractivity contribution < 1.29 is 4.42 Å². The van der Waals surface area contributed by atoms with Crippen LogP contribution in [0.15, 0.2) is 205 Å². The third-order valence-electron chi connectivity index (χ3n) is 13.1. The number of rotatable bonds is 5. The van der Waals surface area contributed by atoms with Crippen molar-refractivity contribution in [2.45, 2.75) is 24.7 Å². The van der Waals surface area contributed by atoms with Crippen molar-refractivity contribution in [3.05, 3.63) is 234 Å². The van der Waals surface area contributed by atoms with Crippen LogP contribution in [0.4, 0.5) is 17.1 Å². The predicted molar refractivity (Wildman–Crippen MR) is 241 cm³/mol. The Morgan fingerprint density at radius 3 is 1.72 bits per heavy atom. The maximum absolute atomic E-state index is 6.73. The van der Waals surface area contributed by atoms with Crippen LogP contribution in [0, 0.1) is 0 Å². The number of nitrogens with zero attached hydrogens (tertiary/aromatic N) is 1. The molecule has 1 aromatic heterocycles. The molecule has 0 saturated carbocycles. The molecule has 0 saturated heterocycles. The maximum Gasteiger partial charge on any atom is 0.159 e. The average molecular weight is 742 g/mol. The van der Waals surface area contributed by atoms with E-state index in [0.29, 0.717) is 0 Å². The molecule has 0 radical (unpaired) electrons. The monoisotopic (exact) mass is 741 g/mol. The summed E-state index contributed by atoms with van der Waals surface area (Å²) < 4.78 is 6.73. The molecule has 10 aromatic rings. The molecule has 2 nitrogen and oxygen atoms in total. The first-order chi connectivity index (χ1) is 28.5. The lowest BCUT2D eigenvalue weighted by atomic mass is 9.67. The van der Waals surface area contributed by atoms with Gasteiger partial charge in [-0.15, -0.1) is 0 Å². The number of anilines is 3. The molecule has 274 valence electrons. The van der Waals surface area contributed by atoms with E-state index in [9.17, 15) is 0 Å². The van der Waals surface area contributed by atoms with E-state index in [0.717, 1.165) is 39.0 Å². The van der Waals surface area contributed by atoms with Crippen LogP contribution in [-0.2, 0) is 10.8 Å². The number of hydrogen-bond acceptors (Lipinski definition) is 2. The number of fused-ring (bicyclic) bond motifs is 11. The van der Waals surface area contributed by atoms with E-state index in [1.165, 1.54) is 66.4 Å². The van der Waals surface area contributed by atoms with E-state index >= 15 is 0 Å². The van der Waals surface area contributed by atoms with Crippen molar-refractivity contribution in [3.8, 4) is 22.3 Å². The van der Waals surface area contributed by atoms with E-state index in [1.807, 2.05) is 6.07 Å². The van der Waals surface area contributed by atoms with Gasteiger partial charge in [-0.25, -0.2) is 0 Å². The summed E-state index contributed by atoms with van der Waals surface area (Å²) in [5.74, 6) is 0. The summed E-state index contributed by atoms with van der Waals surface area (Å²) in [6.07, 6.45) is 0. The van der Waals surface area contributed by atoms with Gasteiger partial charge in [0.15, 0.2) is 5.58 Å². The molecule has 9 aromatic carbocycles. The van der Waals surface area contributed by atoms with E-state index < -0.39 is 5.41 Å². The summed E-state index contributed by atoms with van der Waals surface area (Å²) in [5.41, 5.74) is 17.4. The first-order valence-corrected chi connectivity index (χ1v) is 20.3. The highest BCUT2D eigenvalue weighted by atomic mass is 16.3. The SMILES string of the molecule is CC1(C)c2cc3c(cc2-c2c1cc(N(c1ccccc1)c1cccc4c1oc1ccccc14)c1ccccc21)C(c1ccccc1)(c1ccccc1)c1ccccc1-3. The molecule has 0 N–H and O–H groups in total. The molecular weight excluding hydrogens is 703 g/mol. The van der Waals surface area contributed by atoms with Crippen molar-refractivity contribution in [2.24, 2.45) is 0 Å². The smallest absolute Gasteiger partial charge is 0.159 e. The first kappa shape index (κ1) is 33.0. The molecule has 1 heterocycles. The normalized spacial score (nSPS) is 14.3. The lowest BCUT2D eigenvalue weighted by Gasteiger charge is -2.34. The van der Waals surface area contributed by atoms with E-state index in [1.54, 1.807) is 0 Å². The fourth-order valence-electron chi connectivity index (χ4n) is 10.6. The zero-order valence-electron chi connectivity index (χ0n) is 32.4. The van der Waals surface area contributed by atoms with Crippen LogP contribution in [0.3, 0.4) is 0 Å². The van der Waals surface area contributed by atoms with Crippen LogP contribution in [0.5, 0.6) is 0 Å². The Bertz CT molecular complexity index is 3210. The van der Waals surface area contributed by atoms with Gasteiger partial charge in [0.05, 0.1) is 16.8 Å². The molecule has 2 aliphatic carbocycles. The fourth-order valence-corrected chi connectivity index (χ4v) is 10.6. The summed E-state index contributed by atoms with van der Waals surface area (Å²) >= 11 is 0. The fraction of sp³-hybridized carbons (Fsp3) is 0.0714. The highest BCUT2D eigenvalue weighted by Gasteiger charge is 2.48. The summed E-state index contributed by atoms with van der Waals surface area (Å²) in [7, 11) is 0. The highest BCUT2D eigenvalue weighted by Crippen LogP contribution is 2.61. The zero-order valence-corrected chi connectivity index (χ0v) is 32.4. The van der Waals surface area contributed by atoms with Crippen LogP contribution in [-0.4, -0.2) is 0 Å². The van der Waals surface area contributed by atoms with Crippen molar-refractivity contribution in [2.75, 3.05) is 4.90 Å². The van der Waals surface area contributed by atoms with Gasteiger partial charge in [-0.3, -0.25) is 0 Å². The van der Waals surface area contributed by atoms with Crippen molar-refractivity contribution in [1.29, 1.82) is 0 Å². The second-order valence-electron chi connectivity index (χ2n) is 16.4. The molecule has 0 spiro atoms. The minimum Gasteiger partial charge on any atom is -0.454 e. The Kier molecular flexibility index (Phi) is 6.93. The largest absolute Gasteiger partial charge is 0.454 e. The van der Waals surface area contributed by atoms with Gasteiger partial charge in [-0.1, -0.05) is 172 Å². The molecule has 0 aliphatic heterocycles. The van der Waals surface area contributed by atoms with E-state index in [-0.39, 0.29) is 5.41 Å². The summed E-state index contributed by atoms with van der Waals surface area (Å²) in [5, 5.41) is 4.69. The first-order valence-electron chi connectivity index (χ1n) is 20.3. The minimum absolute atomic E-state index is 0.286. The van der Waals surface area contributed by atoms with Crippen LogP contribution >= 0.6 is 0 Å². The molecule has 0 fully saturated rings. The predicted octanol–water partition coefficient (Wildman–Crippen LogP) is 14.9. The molecule has 0 atom stereocenters. The molecular formula is C56H39NO. The van der Waals surface area contributed by atoms with Gasteiger partial charge in [-0.05, 0) is 103 Å². The van der Waals surface area contributed by atoms with Crippen LogP contribution in [0.25, 0.3) is 55.0 Å². The summed E-state index contributed by atoms with van der Waals surface area (Å²) in [6.45, 7) is 4.83. The third-order valence-corrected chi connectivity index (χ3v) is 13.1. The lowest BCUT2D eigenvalue weighted by molar-refractivity contribution is 0.660. The van der Waals surface area contributed by atoms with Crippen LogP contribution in [0.2, 0.25) is 0 Å². The molecule has 2 aliphatic rings. The van der Waals surface area contributed by atoms with Gasteiger partial charge in [0.1, 0.15) is 5.58 Å². The van der Waals surface area contributed by atoms with E-state index in [4.69, 9.17) is 4.42 Å². The standard InChI is InChI=1S/C56H39NO/c1-55(2)47-33-44-39-25-14-16-30-46(39)56(36-19-6-3-7-20-36,37-21-8-4-9-22-37)48(44)34-45(47)53-42-28-13-12-26-40(42)51(35-49(53)55)57(38-23-10-5-11-24-38)50-31-18-29-43-41-27-15-17-32-52(41)58-54(43)50/h3-35H,1-2H3. The quantitative estimate of drug-likeness (QED) is 0.175. The maximum atomic E-state index is 6.73. The number of benzene rings is 9. The minimum atomic E-state index is -0.471. The Morgan fingerprint density at radius 2 is 0.983 bits per heavy atom. The van der Waals surface area contributed by atoms with Crippen molar-refractivity contribution in [1.82, 2.24) is 0 Å². The van der Waals surface area contributed by atoms with Gasteiger partial charge in [0, 0.05) is 27.3 Å². The average Bonchev–Trinajstić information content (AvgIpc) is 3.88. The summed E-state index contributed by atoms with van der Waals surface area (Å²) in [6, 6.07) is 73.6. The van der Waals surface area contributed by atoms with Gasteiger partial charge < -0.3 is 9.32 Å². The Balaban J connectivity index is 1.16. The molecule has 2 heteroatoms. The number of hydrogen-bond donors (Lipinski definition) is 0.